The standard InChI is InChI=1S/C29H50O3/c1-19(2)8-7-9-20(3)24-10-11-25-23-13-17-29(31)18-22(32-21(4)30)12-16-28(29,6)26(23)14-15-27(24,25)5/h19-20,22-26,31H,7-18H2,1-6H3/t20-,22-,23+,24+,25-,26-,27-,28-,29-/m1/s1. The van der Waals surface area contributed by atoms with Crippen molar-refractivity contribution in [1.82, 2.24) is 0 Å². The molecule has 0 unspecified atom stereocenters. The highest BCUT2D eigenvalue weighted by Crippen LogP contribution is 2.69. The van der Waals surface area contributed by atoms with E-state index >= 15 is 0 Å². The molecule has 9 atom stereocenters. The molecule has 3 nitrogen and oxygen atoms in total. The van der Waals surface area contributed by atoms with Crippen LogP contribution >= 0.6 is 0 Å². The van der Waals surface area contributed by atoms with Crippen molar-refractivity contribution in [2.75, 3.05) is 0 Å². The molecule has 4 aliphatic rings. The molecule has 0 aliphatic heterocycles. The van der Waals surface area contributed by atoms with Crippen LogP contribution in [0.4, 0.5) is 0 Å². The number of rotatable bonds is 6. The molecule has 0 saturated heterocycles. The molecule has 0 bridgehead atoms. The highest BCUT2D eigenvalue weighted by molar-refractivity contribution is 5.66. The summed E-state index contributed by atoms with van der Waals surface area (Å²) in [7, 11) is 0. The van der Waals surface area contributed by atoms with Gasteiger partial charge in [-0.1, -0.05) is 53.9 Å². The number of esters is 1. The summed E-state index contributed by atoms with van der Waals surface area (Å²) < 4.78 is 5.56. The van der Waals surface area contributed by atoms with Gasteiger partial charge in [0.1, 0.15) is 6.10 Å². The Bertz CT molecular complexity index is 688. The minimum Gasteiger partial charge on any atom is -0.462 e. The summed E-state index contributed by atoms with van der Waals surface area (Å²) in [6, 6.07) is 0. The summed E-state index contributed by atoms with van der Waals surface area (Å²) in [4.78, 5) is 11.5. The predicted molar refractivity (Wildman–Crippen MR) is 130 cm³/mol. The zero-order chi connectivity index (χ0) is 23.3. The molecule has 4 saturated carbocycles. The SMILES string of the molecule is CC(=O)O[C@@H]1CC[C@]2(C)[C@@H]3CC[C@@]4(C)[C@H](CC[C@H]4[C@H](C)CCCC(C)C)[C@@H]3CC[C@@]2(O)C1. The summed E-state index contributed by atoms with van der Waals surface area (Å²) in [6.45, 7) is 13.8. The van der Waals surface area contributed by atoms with Crippen molar-refractivity contribution in [3.05, 3.63) is 0 Å². The van der Waals surface area contributed by atoms with Crippen molar-refractivity contribution in [3.63, 3.8) is 0 Å². The van der Waals surface area contributed by atoms with E-state index in [4.69, 9.17) is 4.74 Å². The van der Waals surface area contributed by atoms with E-state index in [1.165, 1.54) is 51.9 Å². The molecule has 0 aromatic heterocycles. The summed E-state index contributed by atoms with van der Waals surface area (Å²) in [5.74, 6) is 4.59. The van der Waals surface area contributed by atoms with E-state index in [0.717, 1.165) is 55.3 Å². The van der Waals surface area contributed by atoms with Gasteiger partial charge in [-0.3, -0.25) is 4.79 Å². The van der Waals surface area contributed by atoms with Crippen molar-refractivity contribution in [2.24, 2.45) is 46.3 Å². The molecule has 0 aromatic carbocycles. The van der Waals surface area contributed by atoms with Gasteiger partial charge in [0.15, 0.2) is 0 Å². The van der Waals surface area contributed by atoms with E-state index in [-0.39, 0.29) is 17.5 Å². The molecule has 4 aliphatic carbocycles. The molecular formula is C29H50O3. The molecule has 0 amide bonds. The first-order chi connectivity index (χ1) is 15.0. The van der Waals surface area contributed by atoms with Crippen LogP contribution in [0.5, 0.6) is 0 Å². The Morgan fingerprint density at radius 3 is 2.41 bits per heavy atom. The van der Waals surface area contributed by atoms with Crippen LogP contribution in [-0.2, 0) is 9.53 Å². The first kappa shape index (κ1) is 24.6. The second kappa shape index (κ2) is 8.90. The lowest BCUT2D eigenvalue weighted by atomic mass is 9.43. The van der Waals surface area contributed by atoms with Gasteiger partial charge in [-0.05, 0) is 97.7 Å². The van der Waals surface area contributed by atoms with Crippen molar-refractivity contribution in [3.8, 4) is 0 Å². The Morgan fingerprint density at radius 2 is 1.72 bits per heavy atom. The molecule has 0 heterocycles. The molecule has 0 spiro atoms. The van der Waals surface area contributed by atoms with Crippen LogP contribution in [-0.4, -0.2) is 22.8 Å². The topological polar surface area (TPSA) is 46.5 Å². The quantitative estimate of drug-likeness (QED) is 0.440. The molecule has 3 heteroatoms. The Hall–Kier alpha value is -0.570. The van der Waals surface area contributed by atoms with Crippen LogP contribution in [0.2, 0.25) is 0 Å². The Morgan fingerprint density at radius 1 is 0.969 bits per heavy atom. The smallest absolute Gasteiger partial charge is 0.302 e. The van der Waals surface area contributed by atoms with Crippen LogP contribution < -0.4 is 0 Å². The Balaban J connectivity index is 1.47. The average Bonchev–Trinajstić information content (AvgIpc) is 3.05. The van der Waals surface area contributed by atoms with E-state index in [1.54, 1.807) is 0 Å². The van der Waals surface area contributed by atoms with Gasteiger partial charge in [0.05, 0.1) is 5.60 Å². The number of carbonyl (C=O) groups is 1. The van der Waals surface area contributed by atoms with E-state index in [9.17, 15) is 9.90 Å². The first-order valence-corrected chi connectivity index (χ1v) is 13.9. The van der Waals surface area contributed by atoms with E-state index in [1.807, 2.05) is 0 Å². The van der Waals surface area contributed by atoms with Crippen LogP contribution in [0.25, 0.3) is 0 Å². The number of aliphatic hydroxyl groups is 1. The van der Waals surface area contributed by atoms with Crippen molar-refractivity contribution >= 4 is 5.97 Å². The van der Waals surface area contributed by atoms with Crippen LogP contribution in [0.1, 0.15) is 119 Å². The fraction of sp³-hybridized carbons (Fsp3) is 0.966. The second-order valence-corrected chi connectivity index (χ2v) is 13.4. The van der Waals surface area contributed by atoms with Gasteiger partial charge in [-0.2, -0.15) is 0 Å². The summed E-state index contributed by atoms with van der Waals surface area (Å²) in [5.41, 5.74) is -0.184. The molecule has 0 aromatic rings. The predicted octanol–water partition coefficient (Wildman–Crippen LogP) is 7.15. The number of hydrogen-bond donors (Lipinski definition) is 1. The fourth-order valence-electron chi connectivity index (χ4n) is 9.57. The molecule has 4 fully saturated rings. The summed E-state index contributed by atoms with van der Waals surface area (Å²) >= 11 is 0. The lowest BCUT2D eigenvalue weighted by molar-refractivity contribution is -0.224. The second-order valence-electron chi connectivity index (χ2n) is 13.4. The molecular weight excluding hydrogens is 396 g/mol. The van der Waals surface area contributed by atoms with Crippen LogP contribution in [0.3, 0.4) is 0 Å². The van der Waals surface area contributed by atoms with Crippen LogP contribution in [0, 0.1) is 46.3 Å². The van der Waals surface area contributed by atoms with Gasteiger partial charge in [0, 0.05) is 13.3 Å². The lowest BCUT2D eigenvalue weighted by Crippen LogP contribution is -2.63. The zero-order valence-electron chi connectivity index (χ0n) is 21.8. The molecule has 0 radical (unpaired) electrons. The van der Waals surface area contributed by atoms with Gasteiger partial charge in [-0.15, -0.1) is 0 Å². The van der Waals surface area contributed by atoms with E-state index in [0.29, 0.717) is 17.8 Å². The summed E-state index contributed by atoms with van der Waals surface area (Å²) in [5, 5.41) is 11.9. The third-order valence-corrected chi connectivity index (χ3v) is 11.3. The van der Waals surface area contributed by atoms with Gasteiger partial charge in [0.25, 0.3) is 0 Å². The van der Waals surface area contributed by atoms with Gasteiger partial charge >= 0.3 is 5.97 Å². The van der Waals surface area contributed by atoms with Crippen molar-refractivity contribution in [1.29, 1.82) is 0 Å². The molecule has 4 rings (SSSR count). The number of carbonyl (C=O) groups excluding carboxylic acids is 1. The highest BCUT2D eigenvalue weighted by Gasteiger charge is 2.64. The maximum absolute atomic E-state index is 11.9. The van der Waals surface area contributed by atoms with Crippen molar-refractivity contribution < 1.29 is 14.6 Å². The monoisotopic (exact) mass is 446 g/mol. The average molecular weight is 447 g/mol. The number of ether oxygens (including phenoxy) is 1. The van der Waals surface area contributed by atoms with E-state index in [2.05, 4.69) is 34.6 Å². The van der Waals surface area contributed by atoms with Crippen molar-refractivity contribution in [2.45, 2.75) is 130 Å². The van der Waals surface area contributed by atoms with Gasteiger partial charge in [0.2, 0.25) is 0 Å². The first-order valence-electron chi connectivity index (χ1n) is 13.9. The molecule has 184 valence electrons. The molecule has 1 N–H and O–H groups in total. The van der Waals surface area contributed by atoms with Gasteiger partial charge < -0.3 is 9.84 Å². The Labute approximate surface area is 197 Å². The summed E-state index contributed by atoms with van der Waals surface area (Å²) in [6.07, 6.45) is 14.1. The zero-order valence-corrected chi connectivity index (χ0v) is 21.8. The minimum absolute atomic E-state index is 0.0190. The maximum atomic E-state index is 11.9. The van der Waals surface area contributed by atoms with Gasteiger partial charge in [-0.25, -0.2) is 0 Å². The third-order valence-electron chi connectivity index (χ3n) is 11.3. The largest absolute Gasteiger partial charge is 0.462 e. The Kier molecular flexibility index (Phi) is 6.83. The third kappa shape index (κ3) is 4.07. The number of fused-ring (bicyclic) bond motifs is 5. The normalized spacial score (nSPS) is 46.8. The van der Waals surface area contributed by atoms with Crippen LogP contribution in [0.15, 0.2) is 0 Å². The highest BCUT2D eigenvalue weighted by atomic mass is 16.5. The minimum atomic E-state index is -0.664. The molecule has 32 heavy (non-hydrogen) atoms. The lowest BCUT2D eigenvalue weighted by Gasteiger charge is -2.64. The van der Waals surface area contributed by atoms with E-state index < -0.39 is 5.60 Å². The fourth-order valence-corrected chi connectivity index (χ4v) is 9.57. The maximum Gasteiger partial charge on any atom is 0.302 e. The number of hydrogen-bond acceptors (Lipinski definition) is 3.